The molecule has 1 aromatic carbocycles. The normalized spacial score (nSPS) is 10.9. The molecule has 0 atom stereocenters. The number of ketones is 1. The summed E-state index contributed by atoms with van der Waals surface area (Å²) in [5, 5.41) is 0. The van der Waals surface area contributed by atoms with Crippen LogP contribution >= 0.6 is 0 Å². The Morgan fingerprint density at radius 2 is 1.87 bits per heavy atom. The van der Waals surface area contributed by atoms with E-state index in [-0.39, 0.29) is 11.2 Å². The maximum absolute atomic E-state index is 11.3. The number of carbonyl (C=O) groups is 1. The van der Waals surface area contributed by atoms with Gasteiger partial charge in [-0.1, -0.05) is 26.7 Å². The minimum Gasteiger partial charge on any atom is -0.295 e. The summed E-state index contributed by atoms with van der Waals surface area (Å²) in [6.07, 6.45) is 5.37. The molecule has 0 N–H and O–H groups in total. The molecule has 0 aromatic heterocycles. The highest BCUT2D eigenvalue weighted by Gasteiger charge is 2.15. The van der Waals surface area contributed by atoms with E-state index in [2.05, 4.69) is 26.7 Å². The average Bonchev–Trinajstić information content (AvgIpc) is 2.15. The lowest BCUT2D eigenvalue weighted by Crippen LogP contribution is -2.12. The maximum Gasteiger partial charge on any atom is 0.159 e. The molecule has 1 aromatic rings. The summed E-state index contributed by atoms with van der Waals surface area (Å²) < 4.78 is 0. The Balaban J connectivity index is 3.38. The third kappa shape index (κ3) is 2.70. The van der Waals surface area contributed by atoms with Crippen LogP contribution in [-0.4, -0.2) is 5.78 Å². The Morgan fingerprint density at radius 3 is 2.27 bits per heavy atom. The van der Waals surface area contributed by atoms with E-state index in [1.54, 1.807) is 13.0 Å². The zero-order valence-electron chi connectivity index (χ0n) is 9.72. The molecule has 15 heavy (non-hydrogen) atoms. The van der Waals surface area contributed by atoms with Crippen molar-refractivity contribution in [2.24, 2.45) is 0 Å². The second-order valence-electron chi connectivity index (χ2n) is 4.75. The van der Waals surface area contributed by atoms with Crippen molar-refractivity contribution >= 4 is 5.78 Å². The zero-order chi connectivity index (χ0) is 11.6. The van der Waals surface area contributed by atoms with Crippen LogP contribution in [0, 0.1) is 12.3 Å². The summed E-state index contributed by atoms with van der Waals surface area (Å²) in [7, 11) is 0. The van der Waals surface area contributed by atoms with Gasteiger partial charge in [-0.15, -0.1) is 6.42 Å². The fourth-order valence-electron chi connectivity index (χ4n) is 1.35. The SMILES string of the molecule is C#Cc1cc(C(C)=O)cc(C(C)(C)C)c1. The molecule has 1 rings (SSSR count). The first-order chi connectivity index (χ1) is 6.84. The van der Waals surface area contributed by atoms with Crippen molar-refractivity contribution in [1.82, 2.24) is 0 Å². The number of benzene rings is 1. The van der Waals surface area contributed by atoms with Gasteiger partial charge < -0.3 is 0 Å². The number of terminal acetylenes is 1. The molecule has 0 aliphatic carbocycles. The Morgan fingerprint density at radius 1 is 1.27 bits per heavy atom. The Bertz CT molecular complexity index is 428. The number of rotatable bonds is 1. The van der Waals surface area contributed by atoms with Gasteiger partial charge in [0.2, 0.25) is 0 Å². The Labute approximate surface area is 91.5 Å². The second-order valence-corrected chi connectivity index (χ2v) is 4.75. The smallest absolute Gasteiger partial charge is 0.159 e. The van der Waals surface area contributed by atoms with E-state index >= 15 is 0 Å². The fraction of sp³-hybridized carbons (Fsp3) is 0.357. The Hall–Kier alpha value is -1.55. The molecule has 0 unspecified atom stereocenters. The van der Waals surface area contributed by atoms with Gasteiger partial charge in [-0.05, 0) is 36.1 Å². The van der Waals surface area contributed by atoms with Crippen molar-refractivity contribution in [2.45, 2.75) is 33.1 Å². The van der Waals surface area contributed by atoms with Crippen molar-refractivity contribution in [3.8, 4) is 12.3 Å². The standard InChI is InChI=1S/C14H16O/c1-6-11-7-12(10(2)15)9-13(8-11)14(3,4)5/h1,7-9H,2-5H3. The van der Waals surface area contributed by atoms with Crippen LogP contribution in [0.25, 0.3) is 0 Å². The molecule has 1 nitrogen and oxygen atoms in total. The van der Waals surface area contributed by atoms with Gasteiger partial charge in [-0.25, -0.2) is 0 Å². The molecule has 0 aliphatic rings. The van der Waals surface area contributed by atoms with Crippen LogP contribution in [0.15, 0.2) is 18.2 Å². The van der Waals surface area contributed by atoms with Crippen LogP contribution in [0.4, 0.5) is 0 Å². The molecule has 1 heteroatoms. The van der Waals surface area contributed by atoms with Crippen LogP contribution in [0.5, 0.6) is 0 Å². The molecule has 0 amide bonds. The van der Waals surface area contributed by atoms with E-state index in [4.69, 9.17) is 6.42 Å². The monoisotopic (exact) mass is 200 g/mol. The third-order valence-corrected chi connectivity index (χ3v) is 2.37. The molecule has 78 valence electrons. The number of hydrogen-bond donors (Lipinski definition) is 0. The first kappa shape index (κ1) is 11.5. The minimum atomic E-state index is 0.0110. The van der Waals surface area contributed by atoms with Crippen molar-refractivity contribution in [2.75, 3.05) is 0 Å². The summed E-state index contributed by atoms with van der Waals surface area (Å²) in [5.41, 5.74) is 2.57. The first-order valence-corrected chi connectivity index (χ1v) is 4.97. The van der Waals surface area contributed by atoms with Gasteiger partial charge in [0.25, 0.3) is 0 Å². The Kier molecular flexibility index (Phi) is 3.00. The van der Waals surface area contributed by atoms with Crippen LogP contribution in [0.3, 0.4) is 0 Å². The molecule has 0 saturated carbocycles. The van der Waals surface area contributed by atoms with Gasteiger partial charge in [-0.3, -0.25) is 4.79 Å². The fourth-order valence-corrected chi connectivity index (χ4v) is 1.35. The summed E-state index contributed by atoms with van der Waals surface area (Å²) in [4.78, 5) is 11.3. The quantitative estimate of drug-likeness (QED) is 0.502. The molecule has 0 saturated heterocycles. The van der Waals surface area contributed by atoms with Gasteiger partial charge in [0.05, 0.1) is 0 Å². The van der Waals surface area contributed by atoms with Crippen molar-refractivity contribution in [1.29, 1.82) is 0 Å². The summed E-state index contributed by atoms with van der Waals surface area (Å²) in [5.74, 6) is 2.64. The number of hydrogen-bond acceptors (Lipinski definition) is 1. The van der Waals surface area contributed by atoms with E-state index in [0.717, 1.165) is 11.1 Å². The van der Waals surface area contributed by atoms with Crippen LogP contribution in [-0.2, 0) is 5.41 Å². The van der Waals surface area contributed by atoms with Gasteiger partial charge in [-0.2, -0.15) is 0 Å². The average molecular weight is 200 g/mol. The molecule has 0 heterocycles. The van der Waals surface area contributed by atoms with Crippen molar-refractivity contribution < 1.29 is 4.79 Å². The van der Waals surface area contributed by atoms with Gasteiger partial charge in [0, 0.05) is 11.1 Å². The molecule has 0 spiro atoms. The minimum absolute atomic E-state index is 0.0110. The van der Waals surface area contributed by atoms with Crippen LogP contribution < -0.4 is 0 Å². The molecule has 0 fully saturated rings. The predicted molar refractivity (Wildman–Crippen MR) is 63.1 cm³/mol. The van der Waals surface area contributed by atoms with E-state index in [9.17, 15) is 4.79 Å². The lowest BCUT2D eigenvalue weighted by Gasteiger charge is -2.20. The molecule has 0 radical (unpaired) electrons. The summed E-state index contributed by atoms with van der Waals surface area (Å²) in [6.45, 7) is 7.87. The van der Waals surface area contributed by atoms with E-state index < -0.39 is 0 Å². The lowest BCUT2D eigenvalue weighted by molar-refractivity contribution is 0.101. The molecular weight excluding hydrogens is 184 g/mol. The third-order valence-electron chi connectivity index (χ3n) is 2.37. The van der Waals surface area contributed by atoms with Gasteiger partial charge in [0.15, 0.2) is 5.78 Å². The highest BCUT2D eigenvalue weighted by Crippen LogP contribution is 2.24. The van der Waals surface area contributed by atoms with E-state index in [1.807, 2.05) is 12.1 Å². The van der Waals surface area contributed by atoms with E-state index in [0.29, 0.717) is 5.56 Å². The molecular formula is C14H16O. The van der Waals surface area contributed by atoms with Gasteiger partial charge >= 0.3 is 0 Å². The molecule has 0 aliphatic heterocycles. The first-order valence-electron chi connectivity index (χ1n) is 4.97. The highest BCUT2D eigenvalue weighted by atomic mass is 16.1. The lowest BCUT2D eigenvalue weighted by atomic mass is 9.84. The predicted octanol–water partition coefficient (Wildman–Crippen LogP) is 3.17. The second kappa shape index (κ2) is 3.90. The number of carbonyl (C=O) groups excluding carboxylic acids is 1. The van der Waals surface area contributed by atoms with E-state index in [1.165, 1.54) is 0 Å². The highest BCUT2D eigenvalue weighted by molar-refractivity contribution is 5.94. The largest absolute Gasteiger partial charge is 0.295 e. The summed E-state index contributed by atoms with van der Waals surface area (Å²) in [6, 6.07) is 5.65. The van der Waals surface area contributed by atoms with Crippen molar-refractivity contribution in [3.63, 3.8) is 0 Å². The molecule has 0 bridgehead atoms. The topological polar surface area (TPSA) is 17.1 Å². The van der Waals surface area contributed by atoms with Crippen LogP contribution in [0.1, 0.15) is 49.2 Å². The summed E-state index contributed by atoms with van der Waals surface area (Å²) >= 11 is 0. The van der Waals surface area contributed by atoms with Gasteiger partial charge in [0.1, 0.15) is 0 Å². The maximum atomic E-state index is 11.3. The number of Topliss-reactive ketones (excluding diaryl/α,β-unsaturated/α-hetero) is 1. The van der Waals surface area contributed by atoms with Crippen LogP contribution in [0.2, 0.25) is 0 Å². The van der Waals surface area contributed by atoms with Crippen molar-refractivity contribution in [3.05, 3.63) is 34.9 Å². The zero-order valence-corrected chi connectivity index (χ0v) is 9.72.